The number of rotatable bonds is 5. The molecule has 114 valence electrons. The third-order valence-electron chi connectivity index (χ3n) is 4.24. The largest absolute Gasteiger partial charge is 0.489 e. The van der Waals surface area contributed by atoms with Gasteiger partial charge in [0, 0.05) is 0 Å². The van der Waals surface area contributed by atoms with Crippen molar-refractivity contribution >= 4 is 0 Å². The average molecular weight is 302 g/mol. The van der Waals surface area contributed by atoms with Crippen molar-refractivity contribution in [3.63, 3.8) is 0 Å². The first-order chi connectivity index (χ1) is 11.4. The molecule has 0 spiro atoms. The van der Waals surface area contributed by atoms with Crippen LogP contribution < -0.4 is 4.74 Å². The summed E-state index contributed by atoms with van der Waals surface area (Å²) in [5.41, 5.74) is 3.29. The van der Waals surface area contributed by atoms with E-state index in [9.17, 15) is 0 Å². The van der Waals surface area contributed by atoms with E-state index < -0.39 is 0 Å². The van der Waals surface area contributed by atoms with Crippen LogP contribution in [0.4, 0.5) is 0 Å². The van der Waals surface area contributed by atoms with E-state index in [2.05, 4.69) is 48.5 Å². The van der Waals surface area contributed by atoms with E-state index in [1.54, 1.807) is 0 Å². The summed E-state index contributed by atoms with van der Waals surface area (Å²) in [4.78, 5) is 0. The summed E-state index contributed by atoms with van der Waals surface area (Å²) in [7, 11) is 0. The fourth-order valence-corrected chi connectivity index (χ4v) is 2.84. The lowest BCUT2D eigenvalue weighted by Crippen LogP contribution is -2.10. The molecule has 1 aliphatic heterocycles. The minimum absolute atomic E-state index is 0.265. The van der Waals surface area contributed by atoms with Crippen molar-refractivity contribution in [1.29, 1.82) is 0 Å². The summed E-state index contributed by atoms with van der Waals surface area (Å²) in [6, 6.07) is 28.8. The second kappa shape index (κ2) is 5.90. The molecule has 0 saturated carbocycles. The zero-order chi connectivity index (χ0) is 15.5. The van der Waals surface area contributed by atoms with Crippen molar-refractivity contribution in [3.05, 3.63) is 102 Å². The number of ether oxygens (including phenoxy) is 2. The summed E-state index contributed by atoms with van der Waals surface area (Å²) >= 11 is 0. The molecule has 1 saturated heterocycles. The van der Waals surface area contributed by atoms with Crippen molar-refractivity contribution in [3.8, 4) is 5.75 Å². The summed E-state index contributed by atoms with van der Waals surface area (Å²) in [5.74, 6) is 0.876. The monoisotopic (exact) mass is 302 g/mol. The Labute approximate surface area is 136 Å². The maximum Gasteiger partial charge on any atom is 0.142 e. The Kier molecular flexibility index (Phi) is 3.60. The highest BCUT2D eigenvalue weighted by atomic mass is 16.6. The molecule has 1 aliphatic rings. The third kappa shape index (κ3) is 2.86. The van der Waals surface area contributed by atoms with Crippen LogP contribution in [-0.2, 0) is 16.9 Å². The van der Waals surface area contributed by atoms with Gasteiger partial charge in [-0.2, -0.15) is 0 Å². The Hall–Kier alpha value is -2.58. The van der Waals surface area contributed by atoms with E-state index in [0.717, 1.165) is 12.4 Å². The van der Waals surface area contributed by atoms with Gasteiger partial charge < -0.3 is 9.47 Å². The Morgan fingerprint density at radius 2 is 1.30 bits per heavy atom. The molecular formula is C21H18O2. The summed E-state index contributed by atoms with van der Waals surface area (Å²) in [5, 5.41) is 0. The van der Waals surface area contributed by atoms with Crippen molar-refractivity contribution in [2.24, 2.45) is 0 Å². The van der Waals surface area contributed by atoms with E-state index in [0.29, 0.717) is 6.61 Å². The van der Waals surface area contributed by atoms with Crippen molar-refractivity contribution in [1.82, 2.24) is 0 Å². The highest BCUT2D eigenvalue weighted by Crippen LogP contribution is 2.45. The lowest BCUT2D eigenvalue weighted by atomic mass is 9.92. The molecule has 0 radical (unpaired) electrons. The lowest BCUT2D eigenvalue weighted by molar-refractivity contribution is 0.305. The Bertz CT molecular complexity index is 760. The Morgan fingerprint density at radius 1 is 0.739 bits per heavy atom. The molecule has 3 aromatic rings. The van der Waals surface area contributed by atoms with Gasteiger partial charge in [-0.05, 0) is 28.8 Å². The van der Waals surface area contributed by atoms with E-state index in [1.165, 1.54) is 16.7 Å². The standard InChI is InChI=1S/C21H18O2/c1-3-7-17(8-4-1)15-22-20-13-11-19(12-14-20)21(16-23-21)18-9-5-2-6-10-18/h1-14H,15-16H2. The van der Waals surface area contributed by atoms with Crippen LogP contribution in [0.3, 0.4) is 0 Å². The van der Waals surface area contributed by atoms with Crippen LogP contribution in [0.2, 0.25) is 0 Å². The second-order valence-electron chi connectivity index (χ2n) is 5.78. The molecule has 0 N–H and O–H groups in total. The first-order valence-electron chi connectivity index (χ1n) is 7.84. The smallest absolute Gasteiger partial charge is 0.142 e. The van der Waals surface area contributed by atoms with Crippen LogP contribution in [0.25, 0.3) is 0 Å². The molecule has 1 heterocycles. The highest BCUT2D eigenvalue weighted by molar-refractivity contribution is 5.42. The third-order valence-corrected chi connectivity index (χ3v) is 4.24. The maximum atomic E-state index is 5.85. The van der Waals surface area contributed by atoms with Gasteiger partial charge in [0.25, 0.3) is 0 Å². The van der Waals surface area contributed by atoms with Gasteiger partial charge in [0.1, 0.15) is 18.0 Å². The molecule has 0 aliphatic carbocycles. The van der Waals surface area contributed by atoms with Crippen LogP contribution in [-0.4, -0.2) is 6.61 Å². The second-order valence-corrected chi connectivity index (χ2v) is 5.78. The SMILES string of the molecule is c1ccc(COc2ccc(C3(c4ccccc4)CO3)cc2)cc1. The van der Waals surface area contributed by atoms with Gasteiger partial charge >= 0.3 is 0 Å². The number of hydrogen-bond acceptors (Lipinski definition) is 2. The number of epoxide rings is 1. The van der Waals surface area contributed by atoms with Gasteiger partial charge in [0.2, 0.25) is 0 Å². The first kappa shape index (κ1) is 14.0. The summed E-state index contributed by atoms with van der Waals surface area (Å²) < 4.78 is 11.6. The Balaban J connectivity index is 1.48. The van der Waals surface area contributed by atoms with Crippen LogP contribution in [0.5, 0.6) is 5.75 Å². The van der Waals surface area contributed by atoms with Gasteiger partial charge in [-0.3, -0.25) is 0 Å². The van der Waals surface area contributed by atoms with Gasteiger partial charge in [-0.25, -0.2) is 0 Å². The number of benzene rings is 3. The molecule has 3 aromatic carbocycles. The summed E-state index contributed by atoms with van der Waals surface area (Å²) in [6.07, 6.45) is 0. The molecule has 23 heavy (non-hydrogen) atoms. The zero-order valence-electron chi connectivity index (χ0n) is 12.8. The molecule has 1 unspecified atom stereocenters. The zero-order valence-corrected chi connectivity index (χ0v) is 12.8. The first-order valence-corrected chi connectivity index (χ1v) is 7.84. The molecular weight excluding hydrogens is 284 g/mol. The normalized spacial score (nSPS) is 19.3. The van der Waals surface area contributed by atoms with Gasteiger partial charge in [0.15, 0.2) is 0 Å². The van der Waals surface area contributed by atoms with Gasteiger partial charge in [0.05, 0.1) is 6.61 Å². The molecule has 0 amide bonds. The lowest BCUT2D eigenvalue weighted by Gasteiger charge is -2.14. The molecule has 0 aromatic heterocycles. The van der Waals surface area contributed by atoms with E-state index in [1.807, 2.05) is 36.4 Å². The molecule has 1 atom stereocenters. The number of hydrogen-bond donors (Lipinski definition) is 0. The van der Waals surface area contributed by atoms with Crippen molar-refractivity contribution in [2.45, 2.75) is 12.2 Å². The predicted octanol–water partition coefficient (Wildman–Crippen LogP) is 4.54. The fraction of sp³-hybridized carbons (Fsp3) is 0.143. The highest BCUT2D eigenvalue weighted by Gasteiger charge is 2.47. The van der Waals surface area contributed by atoms with Crippen LogP contribution in [0, 0.1) is 0 Å². The average Bonchev–Trinajstić information content (AvgIpc) is 3.44. The van der Waals surface area contributed by atoms with Crippen molar-refractivity contribution in [2.75, 3.05) is 6.61 Å². The van der Waals surface area contributed by atoms with Crippen molar-refractivity contribution < 1.29 is 9.47 Å². The molecule has 0 bridgehead atoms. The molecule has 1 fully saturated rings. The van der Waals surface area contributed by atoms with Gasteiger partial charge in [-0.15, -0.1) is 0 Å². The molecule has 2 nitrogen and oxygen atoms in total. The quantitative estimate of drug-likeness (QED) is 0.645. The minimum atomic E-state index is -0.265. The van der Waals surface area contributed by atoms with E-state index in [-0.39, 0.29) is 5.60 Å². The molecule has 4 rings (SSSR count). The van der Waals surface area contributed by atoms with Crippen LogP contribution >= 0.6 is 0 Å². The summed E-state index contributed by atoms with van der Waals surface area (Å²) in [6.45, 7) is 1.32. The maximum absolute atomic E-state index is 5.85. The van der Waals surface area contributed by atoms with Crippen LogP contribution in [0.1, 0.15) is 16.7 Å². The topological polar surface area (TPSA) is 21.8 Å². The van der Waals surface area contributed by atoms with E-state index in [4.69, 9.17) is 9.47 Å². The molecule has 2 heteroatoms. The van der Waals surface area contributed by atoms with E-state index >= 15 is 0 Å². The van der Waals surface area contributed by atoms with Crippen LogP contribution in [0.15, 0.2) is 84.9 Å². The minimum Gasteiger partial charge on any atom is -0.489 e. The fourth-order valence-electron chi connectivity index (χ4n) is 2.84. The Morgan fingerprint density at radius 3 is 1.91 bits per heavy atom. The van der Waals surface area contributed by atoms with Gasteiger partial charge in [-0.1, -0.05) is 72.8 Å². The predicted molar refractivity (Wildman–Crippen MR) is 90.4 cm³/mol.